The monoisotopic (exact) mass is 986 g/mol. The summed E-state index contributed by atoms with van der Waals surface area (Å²) in [5, 5.41) is 65.4. The van der Waals surface area contributed by atoms with E-state index in [0.29, 0.717) is 43.4 Å². The number of aromatic amines is 2. The lowest BCUT2D eigenvalue weighted by atomic mass is 10.0. The molecular weight excluding hydrogens is 937 g/mol. The van der Waals surface area contributed by atoms with Crippen molar-refractivity contribution in [1.82, 2.24) is 62.1 Å². The molecule has 364 valence electrons. The van der Waals surface area contributed by atoms with Crippen LogP contribution in [0.5, 0.6) is 0 Å². The number of rotatable bonds is 17. The second kappa shape index (κ2) is 27.1. The van der Waals surface area contributed by atoms with E-state index in [9.17, 15) is 38.2 Å². The minimum atomic E-state index is -1.74. The number of carboxylic acid groups (broad SMARTS) is 1. The first-order valence-corrected chi connectivity index (χ1v) is 20.7. The van der Waals surface area contributed by atoms with Crippen LogP contribution in [0.3, 0.4) is 0 Å². The first-order chi connectivity index (χ1) is 31.8. The minimum Gasteiger partial charge on any atom is -0.479 e. The highest BCUT2D eigenvalue weighted by Crippen LogP contribution is 2.28. The summed E-state index contributed by atoms with van der Waals surface area (Å²) in [5.74, 6) is -5.00. The van der Waals surface area contributed by atoms with Crippen molar-refractivity contribution in [2.75, 3.05) is 13.1 Å². The summed E-state index contributed by atoms with van der Waals surface area (Å²) in [5.41, 5.74) is 8.21. The van der Waals surface area contributed by atoms with E-state index in [2.05, 4.69) is 52.1 Å². The lowest BCUT2D eigenvalue weighted by Crippen LogP contribution is -2.48. The number of aliphatic hydroxyl groups excluding tert-OH is 3. The Bertz CT molecular complexity index is 2520. The zero-order valence-electron chi connectivity index (χ0n) is 36.1. The lowest BCUT2D eigenvalue weighted by Gasteiger charge is -2.25. The van der Waals surface area contributed by atoms with Crippen molar-refractivity contribution in [1.29, 1.82) is 0 Å². The predicted octanol–water partition coefficient (Wildman–Crippen LogP) is 4.39. The van der Waals surface area contributed by atoms with Gasteiger partial charge in [-0.15, -0.1) is 20.4 Å². The number of hydrazine groups is 2. The van der Waals surface area contributed by atoms with Gasteiger partial charge in [-0.25, -0.2) is 28.4 Å². The number of esters is 1. The average Bonchev–Trinajstić information content (AvgIpc) is 4.02. The molecule has 68 heavy (non-hydrogen) atoms. The van der Waals surface area contributed by atoms with Crippen LogP contribution in [0.15, 0.2) is 84.9 Å². The number of carbonyl (C=O) groups is 4. The number of carbonyl (C=O) groups excluding carboxylic acids is 3. The number of aliphatic carboxylic acids is 1. The summed E-state index contributed by atoms with van der Waals surface area (Å²) in [4.78, 5) is 47.5. The molecule has 6 aromatic rings. The fourth-order valence-electron chi connectivity index (χ4n) is 5.54. The van der Waals surface area contributed by atoms with Gasteiger partial charge in [0, 0.05) is 40.4 Å². The zero-order chi connectivity index (χ0) is 49.2. The van der Waals surface area contributed by atoms with Crippen molar-refractivity contribution in [2.45, 2.75) is 72.6 Å². The molecule has 2 heterocycles. The number of nitrogens with zero attached hydrogens (tertiary/aromatic N) is 8. The summed E-state index contributed by atoms with van der Waals surface area (Å²) in [6, 6.07) is 22.0. The van der Waals surface area contributed by atoms with Gasteiger partial charge in [0.25, 0.3) is 11.6 Å². The normalized spacial score (nSPS) is 11.7. The number of amides is 2. The van der Waals surface area contributed by atoms with Crippen LogP contribution in [0.4, 0.5) is 8.78 Å². The number of benzene rings is 4. The molecule has 4 aromatic carbocycles. The van der Waals surface area contributed by atoms with E-state index in [4.69, 9.17) is 38.2 Å². The lowest BCUT2D eigenvalue weighted by molar-refractivity contribution is -0.158. The van der Waals surface area contributed by atoms with E-state index in [1.807, 2.05) is 0 Å². The number of tetrazole rings is 2. The van der Waals surface area contributed by atoms with E-state index in [-0.39, 0.29) is 44.8 Å². The minimum absolute atomic E-state index is 0. The summed E-state index contributed by atoms with van der Waals surface area (Å²) in [6.07, 6.45) is -3.83. The number of hydrogen-bond acceptors (Lipinski definition) is 16. The maximum absolute atomic E-state index is 14.1. The number of ether oxygens (including phenoxy) is 1. The molecule has 0 spiro atoms. The average molecular weight is 988 g/mol. The Kier molecular flexibility index (Phi) is 22.1. The fourth-order valence-corrected chi connectivity index (χ4v) is 5.89. The van der Waals surface area contributed by atoms with Crippen molar-refractivity contribution >= 4 is 47.0 Å². The molecule has 0 bridgehead atoms. The fraction of sp³-hybridized carbons (Fsp3) is 0.302. The third-order valence-electron chi connectivity index (χ3n) is 8.45. The number of hydrogen-bond donors (Lipinski definition) is 8. The van der Waals surface area contributed by atoms with Crippen molar-refractivity contribution in [3.8, 4) is 22.3 Å². The van der Waals surface area contributed by atoms with E-state index >= 15 is 0 Å². The molecule has 0 aliphatic carbocycles. The molecule has 21 nitrogen and oxygen atoms in total. The van der Waals surface area contributed by atoms with Crippen molar-refractivity contribution in [3.63, 3.8) is 0 Å². The molecule has 2 amide bonds. The first-order valence-electron chi connectivity index (χ1n) is 19.9. The molecule has 0 unspecified atom stereocenters. The topological polar surface area (TPSA) is 298 Å². The number of carboxylic acids is 1. The van der Waals surface area contributed by atoms with Crippen LogP contribution in [0.1, 0.15) is 67.5 Å². The van der Waals surface area contributed by atoms with Gasteiger partial charge in [0.2, 0.25) is 0 Å². The predicted molar refractivity (Wildman–Crippen MR) is 243 cm³/mol. The number of halogens is 4. The Hall–Kier alpha value is -6.86. The number of aromatic nitrogens is 8. The molecule has 6 rings (SSSR count). The Balaban J connectivity index is 0.000000331. The Morgan fingerprint density at radius 2 is 1.04 bits per heavy atom. The van der Waals surface area contributed by atoms with E-state index in [1.165, 1.54) is 46.4 Å². The van der Waals surface area contributed by atoms with E-state index in [0.717, 1.165) is 0 Å². The molecule has 2 aromatic heterocycles. The van der Waals surface area contributed by atoms with Gasteiger partial charge in [-0.1, -0.05) is 79.2 Å². The van der Waals surface area contributed by atoms with Crippen molar-refractivity contribution < 1.29 is 53.1 Å². The maximum Gasteiger partial charge on any atom is 0.336 e. The maximum atomic E-state index is 14.1. The van der Waals surface area contributed by atoms with Crippen LogP contribution < -0.4 is 10.9 Å². The van der Waals surface area contributed by atoms with Gasteiger partial charge < -0.3 is 25.2 Å². The zero-order valence-corrected chi connectivity index (χ0v) is 37.7. The van der Waals surface area contributed by atoms with Gasteiger partial charge in [-0.3, -0.25) is 20.4 Å². The third-order valence-corrected chi connectivity index (χ3v) is 8.92. The summed E-state index contributed by atoms with van der Waals surface area (Å²) >= 11 is 11.9. The van der Waals surface area contributed by atoms with Gasteiger partial charge in [0.05, 0.1) is 19.2 Å². The first kappa shape index (κ1) is 55.5. The van der Waals surface area contributed by atoms with Gasteiger partial charge in [-0.05, 0) is 96.8 Å². The molecule has 0 aliphatic rings. The molecule has 0 radical (unpaired) electrons. The van der Waals surface area contributed by atoms with Crippen molar-refractivity contribution in [3.05, 3.63) is 129 Å². The third kappa shape index (κ3) is 18.1. The van der Waals surface area contributed by atoms with Crippen LogP contribution in [-0.4, -0.2) is 133 Å². The van der Waals surface area contributed by atoms with E-state index in [1.54, 1.807) is 76.2 Å². The number of H-pyrrole nitrogens is 2. The second-order valence-electron chi connectivity index (χ2n) is 14.7. The summed E-state index contributed by atoms with van der Waals surface area (Å²) < 4.78 is 33.2. The molecule has 8 N–H and O–H groups in total. The van der Waals surface area contributed by atoms with Crippen LogP contribution >= 0.6 is 23.2 Å². The summed E-state index contributed by atoms with van der Waals surface area (Å²) in [6.45, 7) is 6.25. The van der Waals surface area contributed by atoms with E-state index < -0.39 is 60.2 Å². The standard InChI is InChI=1S/C21H22ClFN6O4.C18H16ClFN6O4.C3H8O.CH4/c1-12(2)33-21(32)18(30)11-29(26-20(31)19-24-27-28-25-19)10-13-3-5-14(6-4-13)16-9-15(22)7-8-17(16)23;19-12-5-6-14(20)13(7-12)11-3-1-10(2-4-11)8-26(9-15(27)18(29)30)23-17(28)16-21-24-25-22-16;1-3(2)4;/h3-9,12,18,30H,10-11H2,1-2H3,(H,26,31)(H,24,25,27,28);1-7,15,27H,8-9H2,(H,23,28)(H,29,30)(H,21,22,24,25);3-4H,1-2H3;1H4/t18-;15-;;/m11../s1. The smallest absolute Gasteiger partial charge is 0.336 e. The second-order valence-corrected chi connectivity index (χ2v) is 15.6. The van der Waals surface area contributed by atoms with Gasteiger partial charge >= 0.3 is 23.8 Å². The number of aliphatic hydroxyl groups is 3. The molecule has 0 aliphatic heterocycles. The van der Waals surface area contributed by atoms with Gasteiger partial charge in [0.15, 0.2) is 12.2 Å². The SMILES string of the molecule is C.CC(C)O.CC(C)OC(=O)[C@H](O)CN(Cc1ccc(-c2cc(Cl)ccc2F)cc1)NC(=O)c1nn[nH]n1.O=C(NN(Cc1ccc(-c2cc(Cl)ccc2F)cc1)C[C@@H](O)C(=O)O)c1nn[nH]n1. The van der Waals surface area contributed by atoms with Crippen molar-refractivity contribution in [2.24, 2.45) is 0 Å². The van der Waals surface area contributed by atoms with Gasteiger partial charge in [0.1, 0.15) is 11.6 Å². The Labute approximate surface area is 398 Å². The number of nitrogens with one attached hydrogen (secondary N) is 4. The highest BCUT2D eigenvalue weighted by atomic mass is 35.5. The Morgan fingerprint density at radius 1 is 0.662 bits per heavy atom. The van der Waals surface area contributed by atoms with Crippen LogP contribution in [-0.2, 0) is 27.4 Å². The van der Waals surface area contributed by atoms with Crippen LogP contribution in [0, 0.1) is 11.6 Å². The van der Waals surface area contributed by atoms with Crippen LogP contribution in [0.25, 0.3) is 22.3 Å². The van der Waals surface area contributed by atoms with Crippen LogP contribution in [0.2, 0.25) is 10.0 Å². The van der Waals surface area contributed by atoms with Gasteiger partial charge in [-0.2, -0.15) is 10.4 Å². The Morgan fingerprint density at radius 3 is 1.38 bits per heavy atom. The summed E-state index contributed by atoms with van der Waals surface area (Å²) in [7, 11) is 0. The molecular formula is C43H50Cl2F2N12O9. The quantitative estimate of drug-likeness (QED) is 0.0464. The highest BCUT2D eigenvalue weighted by molar-refractivity contribution is 6.31. The molecule has 0 fully saturated rings. The largest absolute Gasteiger partial charge is 0.479 e. The highest BCUT2D eigenvalue weighted by Gasteiger charge is 2.25. The molecule has 25 heteroatoms. The molecule has 0 saturated carbocycles. The molecule has 2 atom stereocenters. The molecule has 0 saturated heterocycles.